The van der Waals surface area contributed by atoms with Gasteiger partial charge >= 0.3 is 0 Å². The molecule has 2 heterocycles. The van der Waals surface area contributed by atoms with Crippen LogP contribution in [0.15, 0.2) is 61.3 Å². The van der Waals surface area contributed by atoms with Crippen LogP contribution in [0.1, 0.15) is 29.8 Å². The number of benzene rings is 1. The molecule has 0 bridgehead atoms. The minimum Gasteiger partial charge on any atom is -0.507 e. The van der Waals surface area contributed by atoms with Crippen LogP contribution in [0.5, 0.6) is 0 Å². The van der Waals surface area contributed by atoms with E-state index in [0.29, 0.717) is 17.1 Å². The fraction of sp³-hybridized carbons (Fsp3) is 0.158. The summed E-state index contributed by atoms with van der Waals surface area (Å²) in [6, 6.07) is 12.2. The van der Waals surface area contributed by atoms with Crippen LogP contribution in [0.3, 0.4) is 0 Å². The predicted octanol–water partition coefficient (Wildman–Crippen LogP) is 4.39. The van der Waals surface area contributed by atoms with E-state index in [9.17, 15) is 5.11 Å². The molecule has 2 aromatic heterocycles. The molecule has 1 atom stereocenters. The average Bonchev–Trinajstić information content (AvgIpc) is 2.97. The molecule has 2 N–H and O–H groups in total. The van der Waals surface area contributed by atoms with E-state index in [2.05, 4.69) is 40.6 Å². The number of aromatic nitrogens is 3. The highest BCUT2D eigenvalue weighted by Crippen LogP contribution is 2.21. The Labute approximate surface area is 135 Å². The van der Waals surface area contributed by atoms with E-state index in [1.807, 2.05) is 24.3 Å². The minimum atomic E-state index is 0.142. The van der Waals surface area contributed by atoms with Crippen molar-refractivity contribution >= 4 is 16.9 Å². The Kier molecular flexibility index (Phi) is 4.24. The van der Waals surface area contributed by atoms with Gasteiger partial charge in [-0.2, -0.15) is 0 Å². The Morgan fingerprint density at radius 3 is 2.87 bits per heavy atom. The Morgan fingerprint density at radius 2 is 2.13 bits per heavy atom. The number of hydrogen-bond donors (Lipinski definition) is 2. The number of imidazole rings is 1. The highest BCUT2D eigenvalue weighted by Gasteiger charge is 2.11. The van der Waals surface area contributed by atoms with Gasteiger partial charge in [0.15, 0.2) is 5.65 Å². The van der Waals surface area contributed by atoms with Gasteiger partial charge in [0.25, 0.3) is 0 Å². The van der Waals surface area contributed by atoms with Gasteiger partial charge in [0.2, 0.25) is 0 Å². The van der Waals surface area contributed by atoms with Crippen LogP contribution in [0.25, 0.3) is 16.9 Å². The van der Waals surface area contributed by atoms with Crippen molar-refractivity contribution in [3.8, 4) is 0 Å². The van der Waals surface area contributed by atoms with Gasteiger partial charge in [-0.05, 0) is 23.6 Å². The number of fused-ring (bicyclic) bond motifs is 1. The fourth-order valence-corrected chi connectivity index (χ4v) is 2.58. The molecule has 0 radical (unpaired) electrons. The largest absolute Gasteiger partial charge is 0.507 e. The molecule has 4 heteroatoms. The fourth-order valence-electron chi connectivity index (χ4n) is 2.58. The number of aliphatic hydroxyl groups excluding tert-OH is 1. The van der Waals surface area contributed by atoms with Crippen molar-refractivity contribution in [1.29, 1.82) is 0 Å². The summed E-state index contributed by atoms with van der Waals surface area (Å²) in [5, 5.41) is 9.90. The van der Waals surface area contributed by atoms with Crippen molar-refractivity contribution in [2.75, 3.05) is 0 Å². The zero-order valence-electron chi connectivity index (χ0n) is 13.0. The van der Waals surface area contributed by atoms with Crippen molar-refractivity contribution in [3.63, 3.8) is 0 Å². The molecule has 23 heavy (non-hydrogen) atoms. The van der Waals surface area contributed by atoms with Gasteiger partial charge in [-0.25, -0.2) is 9.97 Å². The van der Waals surface area contributed by atoms with E-state index in [1.165, 1.54) is 11.6 Å². The number of allylic oxidation sites excluding steroid dienone is 2. The maximum Gasteiger partial charge on any atom is 0.177 e. The second kappa shape index (κ2) is 6.48. The molecule has 116 valence electrons. The van der Waals surface area contributed by atoms with Gasteiger partial charge in [0.1, 0.15) is 11.6 Å². The number of aliphatic hydroxyl groups is 1. The summed E-state index contributed by atoms with van der Waals surface area (Å²) in [5.41, 5.74) is 3.41. The van der Waals surface area contributed by atoms with Gasteiger partial charge in [-0.1, -0.05) is 49.9 Å². The van der Waals surface area contributed by atoms with E-state index in [1.54, 1.807) is 12.3 Å². The van der Waals surface area contributed by atoms with E-state index in [4.69, 9.17) is 0 Å². The first-order chi connectivity index (χ1) is 11.2. The monoisotopic (exact) mass is 305 g/mol. The first-order valence-corrected chi connectivity index (χ1v) is 7.59. The molecule has 3 aromatic rings. The van der Waals surface area contributed by atoms with Crippen molar-refractivity contribution in [2.24, 2.45) is 0 Å². The topological polar surface area (TPSA) is 61.8 Å². The van der Waals surface area contributed by atoms with E-state index >= 15 is 0 Å². The minimum absolute atomic E-state index is 0.142. The van der Waals surface area contributed by atoms with Crippen LogP contribution in [0.2, 0.25) is 0 Å². The molecule has 0 amide bonds. The molecule has 0 fully saturated rings. The third kappa shape index (κ3) is 3.31. The maximum atomic E-state index is 9.90. The summed E-state index contributed by atoms with van der Waals surface area (Å²) in [7, 11) is 0. The van der Waals surface area contributed by atoms with Crippen LogP contribution in [-0.2, 0) is 6.42 Å². The second-order valence-corrected chi connectivity index (χ2v) is 5.58. The number of rotatable bonds is 5. The summed E-state index contributed by atoms with van der Waals surface area (Å²) < 4.78 is 0. The SMILES string of the molecule is C=C/C=C(\O)c1cnc2nc(CC(C)c3ccccc3)[nH]c2c1. The van der Waals surface area contributed by atoms with Crippen LogP contribution in [-0.4, -0.2) is 20.1 Å². The number of pyridine rings is 1. The average molecular weight is 305 g/mol. The second-order valence-electron chi connectivity index (χ2n) is 5.58. The molecule has 0 aliphatic heterocycles. The maximum absolute atomic E-state index is 9.90. The molecule has 3 rings (SSSR count). The van der Waals surface area contributed by atoms with Crippen LogP contribution < -0.4 is 0 Å². The lowest BCUT2D eigenvalue weighted by Crippen LogP contribution is -1.99. The first kappa shape index (κ1) is 15.0. The molecule has 0 spiro atoms. The summed E-state index contributed by atoms with van der Waals surface area (Å²) in [4.78, 5) is 12.1. The quantitative estimate of drug-likeness (QED) is 0.543. The highest BCUT2D eigenvalue weighted by molar-refractivity contribution is 5.75. The van der Waals surface area contributed by atoms with Crippen LogP contribution in [0, 0.1) is 0 Å². The number of hydrogen-bond acceptors (Lipinski definition) is 3. The first-order valence-electron chi connectivity index (χ1n) is 7.59. The van der Waals surface area contributed by atoms with Crippen molar-refractivity contribution in [1.82, 2.24) is 15.0 Å². The van der Waals surface area contributed by atoms with Gasteiger partial charge in [0, 0.05) is 18.2 Å². The Bertz CT molecular complexity index is 849. The third-order valence-corrected chi connectivity index (χ3v) is 3.83. The Morgan fingerprint density at radius 1 is 1.35 bits per heavy atom. The molecule has 1 aromatic carbocycles. The summed E-state index contributed by atoms with van der Waals surface area (Å²) in [6.07, 6.45) is 5.50. The lowest BCUT2D eigenvalue weighted by molar-refractivity contribution is 0.511. The zero-order valence-corrected chi connectivity index (χ0v) is 13.0. The number of H-pyrrole nitrogens is 1. The third-order valence-electron chi connectivity index (χ3n) is 3.83. The number of nitrogens with one attached hydrogen (secondary N) is 1. The van der Waals surface area contributed by atoms with E-state index in [-0.39, 0.29) is 5.76 Å². The van der Waals surface area contributed by atoms with Gasteiger partial charge in [0.05, 0.1) is 5.52 Å². The molecular formula is C19H19N3O. The summed E-state index contributed by atoms with van der Waals surface area (Å²) >= 11 is 0. The highest BCUT2D eigenvalue weighted by atomic mass is 16.3. The molecule has 0 saturated heterocycles. The van der Waals surface area contributed by atoms with E-state index < -0.39 is 0 Å². The molecule has 0 aliphatic carbocycles. The lowest BCUT2D eigenvalue weighted by Gasteiger charge is -2.09. The smallest absolute Gasteiger partial charge is 0.177 e. The van der Waals surface area contributed by atoms with Crippen molar-refractivity contribution < 1.29 is 5.11 Å². The normalized spacial score (nSPS) is 13.2. The lowest BCUT2D eigenvalue weighted by atomic mass is 9.98. The van der Waals surface area contributed by atoms with Gasteiger partial charge < -0.3 is 10.1 Å². The Balaban J connectivity index is 1.85. The Hall–Kier alpha value is -2.88. The summed E-state index contributed by atoms with van der Waals surface area (Å²) in [5.74, 6) is 1.40. The molecular weight excluding hydrogens is 286 g/mol. The van der Waals surface area contributed by atoms with Crippen LogP contribution >= 0.6 is 0 Å². The number of aromatic amines is 1. The van der Waals surface area contributed by atoms with Crippen LogP contribution in [0.4, 0.5) is 0 Å². The standard InChI is InChI=1S/C19H19N3O/c1-3-7-17(23)15-11-16-19(20-12-15)22-18(21-16)10-13(2)14-8-5-4-6-9-14/h3-9,11-13,23H,1,10H2,2H3,(H,20,21,22)/b17-7-. The summed E-state index contributed by atoms with van der Waals surface area (Å²) in [6.45, 7) is 5.76. The van der Waals surface area contributed by atoms with Crippen molar-refractivity contribution in [3.05, 3.63) is 78.3 Å². The molecule has 0 aliphatic rings. The molecule has 4 nitrogen and oxygen atoms in total. The molecule has 0 saturated carbocycles. The number of nitrogens with zero attached hydrogens (tertiary/aromatic N) is 2. The molecule has 1 unspecified atom stereocenters. The van der Waals surface area contributed by atoms with Gasteiger partial charge in [-0.3, -0.25) is 0 Å². The van der Waals surface area contributed by atoms with E-state index in [0.717, 1.165) is 17.8 Å². The van der Waals surface area contributed by atoms with Crippen molar-refractivity contribution in [2.45, 2.75) is 19.3 Å². The van der Waals surface area contributed by atoms with Gasteiger partial charge in [-0.15, -0.1) is 0 Å². The predicted molar refractivity (Wildman–Crippen MR) is 93.3 cm³/mol. The zero-order chi connectivity index (χ0) is 16.2.